The maximum Gasteiger partial charge on any atom is 0.261 e. The average molecular weight is 394 g/mol. The van der Waals surface area contributed by atoms with Crippen molar-refractivity contribution in [2.24, 2.45) is 0 Å². The van der Waals surface area contributed by atoms with E-state index in [9.17, 15) is 9.59 Å². The number of nitrogens with zero attached hydrogens (tertiary/aromatic N) is 3. The first-order chi connectivity index (χ1) is 13.6. The van der Waals surface area contributed by atoms with Gasteiger partial charge in [0.1, 0.15) is 5.82 Å². The van der Waals surface area contributed by atoms with Crippen molar-refractivity contribution in [3.05, 3.63) is 61.8 Å². The van der Waals surface area contributed by atoms with Crippen LogP contribution in [0.1, 0.15) is 58.9 Å². The number of amides is 1. The van der Waals surface area contributed by atoms with E-state index in [1.807, 2.05) is 9.47 Å². The molecule has 0 saturated carbocycles. The van der Waals surface area contributed by atoms with Crippen molar-refractivity contribution < 1.29 is 4.79 Å². The lowest BCUT2D eigenvalue weighted by molar-refractivity contribution is 0.0679. The largest absolute Gasteiger partial charge is 0.331 e. The Balaban J connectivity index is 1.53. The second-order valence-corrected chi connectivity index (χ2v) is 8.75. The normalized spacial score (nSPS) is 19.2. The number of rotatable bonds is 1. The molecule has 1 unspecified atom stereocenters. The number of fused-ring (bicyclic) bond motifs is 3. The second kappa shape index (κ2) is 6.85. The molecule has 6 heteroatoms. The van der Waals surface area contributed by atoms with E-state index < -0.39 is 0 Å². The molecule has 4 heterocycles. The number of carbonyl (C=O) groups excluding carboxylic acids is 1. The number of carbonyl (C=O) groups is 1. The van der Waals surface area contributed by atoms with Gasteiger partial charge in [-0.25, -0.2) is 4.98 Å². The number of hydrogen-bond donors (Lipinski definition) is 0. The minimum Gasteiger partial charge on any atom is -0.331 e. The third-order valence-corrected chi connectivity index (χ3v) is 7.10. The van der Waals surface area contributed by atoms with Crippen LogP contribution in [0.5, 0.6) is 0 Å². The monoisotopic (exact) mass is 393 g/mol. The summed E-state index contributed by atoms with van der Waals surface area (Å²) in [5.41, 5.74) is 2.54. The highest BCUT2D eigenvalue weighted by molar-refractivity contribution is 7.10. The van der Waals surface area contributed by atoms with Gasteiger partial charge in [0.05, 0.1) is 16.9 Å². The Hall–Kier alpha value is -2.47. The number of aromatic nitrogens is 2. The Bertz CT molecular complexity index is 1130. The minimum absolute atomic E-state index is 0.0168. The number of benzene rings is 1. The summed E-state index contributed by atoms with van der Waals surface area (Å²) in [5, 5.41) is 2.71. The van der Waals surface area contributed by atoms with Gasteiger partial charge in [0, 0.05) is 30.0 Å². The molecule has 28 heavy (non-hydrogen) atoms. The van der Waals surface area contributed by atoms with Crippen molar-refractivity contribution in [3.63, 3.8) is 0 Å². The van der Waals surface area contributed by atoms with Crippen LogP contribution in [0.15, 0.2) is 34.4 Å². The summed E-state index contributed by atoms with van der Waals surface area (Å²) in [5.74, 6) is 0.872. The topological polar surface area (TPSA) is 55.2 Å². The SMILES string of the molecule is CC1c2ccsc2CCN1C(=O)c1ccc2c(=O)n3c(nc2c1)CCCCC3. The van der Waals surface area contributed by atoms with Crippen LogP contribution in [0.2, 0.25) is 0 Å². The molecule has 0 aliphatic carbocycles. The lowest BCUT2D eigenvalue weighted by Crippen LogP contribution is -2.38. The highest BCUT2D eigenvalue weighted by atomic mass is 32.1. The molecule has 144 valence electrons. The summed E-state index contributed by atoms with van der Waals surface area (Å²) in [4.78, 5) is 34.2. The van der Waals surface area contributed by atoms with E-state index in [2.05, 4.69) is 18.4 Å². The quantitative estimate of drug-likeness (QED) is 0.629. The van der Waals surface area contributed by atoms with Crippen LogP contribution in [0.3, 0.4) is 0 Å². The molecule has 5 nitrogen and oxygen atoms in total. The smallest absolute Gasteiger partial charge is 0.261 e. The molecule has 1 aromatic carbocycles. The minimum atomic E-state index is 0.0168. The van der Waals surface area contributed by atoms with Gasteiger partial charge in [-0.05, 0) is 61.4 Å². The molecule has 0 bridgehead atoms. The highest BCUT2D eigenvalue weighted by Gasteiger charge is 2.29. The van der Waals surface area contributed by atoms with Gasteiger partial charge in [-0.1, -0.05) is 6.42 Å². The lowest BCUT2D eigenvalue weighted by atomic mass is 10.00. The van der Waals surface area contributed by atoms with Gasteiger partial charge >= 0.3 is 0 Å². The van der Waals surface area contributed by atoms with Crippen LogP contribution < -0.4 is 5.56 Å². The van der Waals surface area contributed by atoms with Crippen LogP contribution in [0.4, 0.5) is 0 Å². The highest BCUT2D eigenvalue weighted by Crippen LogP contribution is 2.33. The number of hydrogen-bond acceptors (Lipinski definition) is 4. The van der Waals surface area contributed by atoms with Crippen molar-refractivity contribution >= 4 is 28.1 Å². The predicted molar refractivity (Wildman–Crippen MR) is 111 cm³/mol. The standard InChI is InChI=1S/C22H23N3O2S/c1-14-16-9-12-28-19(16)8-11-24(14)21(26)15-6-7-17-18(13-15)23-20-5-3-2-4-10-25(20)22(17)27/h6-7,9,12-14H,2-5,8,10-11H2,1H3. The van der Waals surface area contributed by atoms with Crippen molar-refractivity contribution in [2.45, 2.75) is 51.6 Å². The van der Waals surface area contributed by atoms with E-state index in [-0.39, 0.29) is 17.5 Å². The fourth-order valence-corrected chi connectivity index (χ4v) is 5.47. The molecule has 0 spiro atoms. The Morgan fingerprint density at radius 3 is 2.93 bits per heavy atom. The van der Waals surface area contributed by atoms with Crippen LogP contribution in [0, 0.1) is 0 Å². The van der Waals surface area contributed by atoms with E-state index in [1.165, 1.54) is 10.4 Å². The maximum absolute atomic E-state index is 13.2. The van der Waals surface area contributed by atoms with Gasteiger partial charge in [0.2, 0.25) is 0 Å². The zero-order chi connectivity index (χ0) is 19.3. The van der Waals surface area contributed by atoms with Crippen LogP contribution in [-0.4, -0.2) is 26.9 Å². The molecule has 0 saturated heterocycles. The summed E-state index contributed by atoms with van der Waals surface area (Å²) in [6.45, 7) is 3.56. The molecular weight excluding hydrogens is 370 g/mol. The molecule has 3 aromatic rings. The van der Waals surface area contributed by atoms with Crippen LogP contribution in [-0.2, 0) is 19.4 Å². The van der Waals surface area contributed by atoms with E-state index in [1.54, 1.807) is 29.5 Å². The summed E-state index contributed by atoms with van der Waals surface area (Å²) >= 11 is 1.77. The van der Waals surface area contributed by atoms with Crippen molar-refractivity contribution in [3.8, 4) is 0 Å². The first-order valence-electron chi connectivity index (χ1n) is 10.0. The van der Waals surface area contributed by atoms with Gasteiger partial charge in [-0.15, -0.1) is 11.3 Å². The van der Waals surface area contributed by atoms with E-state index >= 15 is 0 Å². The molecule has 2 aliphatic rings. The Morgan fingerprint density at radius 2 is 2.04 bits per heavy atom. The zero-order valence-corrected chi connectivity index (χ0v) is 16.8. The van der Waals surface area contributed by atoms with Gasteiger partial charge in [-0.3, -0.25) is 14.2 Å². The van der Waals surface area contributed by atoms with E-state index in [0.29, 0.717) is 16.5 Å². The maximum atomic E-state index is 13.2. The van der Waals surface area contributed by atoms with Crippen LogP contribution >= 0.6 is 11.3 Å². The van der Waals surface area contributed by atoms with Crippen LogP contribution in [0.25, 0.3) is 10.9 Å². The predicted octanol–water partition coefficient (Wildman–Crippen LogP) is 3.94. The average Bonchev–Trinajstić information content (AvgIpc) is 3.07. The van der Waals surface area contributed by atoms with Crippen molar-refractivity contribution in [2.75, 3.05) is 6.54 Å². The fraction of sp³-hybridized carbons (Fsp3) is 0.409. The first-order valence-corrected chi connectivity index (χ1v) is 10.9. The van der Waals surface area contributed by atoms with Crippen molar-refractivity contribution in [1.82, 2.24) is 14.5 Å². The zero-order valence-electron chi connectivity index (χ0n) is 16.0. The van der Waals surface area contributed by atoms with Gasteiger partial charge in [-0.2, -0.15) is 0 Å². The molecule has 0 fully saturated rings. The fourth-order valence-electron chi connectivity index (χ4n) is 4.50. The lowest BCUT2D eigenvalue weighted by Gasteiger charge is -2.33. The van der Waals surface area contributed by atoms with Crippen molar-refractivity contribution in [1.29, 1.82) is 0 Å². The summed E-state index contributed by atoms with van der Waals surface area (Å²) in [7, 11) is 0. The summed E-state index contributed by atoms with van der Waals surface area (Å²) in [6, 6.07) is 7.57. The van der Waals surface area contributed by atoms with E-state index in [4.69, 9.17) is 4.98 Å². The molecule has 0 N–H and O–H groups in total. The Morgan fingerprint density at radius 1 is 1.14 bits per heavy atom. The summed E-state index contributed by atoms with van der Waals surface area (Å²) < 4.78 is 1.82. The molecule has 0 radical (unpaired) electrons. The second-order valence-electron chi connectivity index (χ2n) is 7.75. The van der Waals surface area contributed by atoms with Gasteiger partial charge < -0.3 is 4.90 Å². The van der Waals surface area contributed by atoms with E-state index in [0.717, 1.165) is 51.0 Å². The molecule has 5 rings (SSSR count). The number of aryl methyl sites for hydroxylation is 1. The molecule has 1 amide bonds. The number of thiophene rings is 1. The molecule has 2 aromatic heterocycles. The first kappa shape index (κ1) is 17.6. The third-order valence-electron chi connectivity index (χ3n) is 6.10. The third kappa shape index (κ3) is 2.78. The molecule has 2 aliphatic heterocycles. The van der Waals surface area contributed by atoms with Gasteiger partial charge in [0.25, 0.3) is 11.5 Å². The molecular formula is C22H23N3O2S. The molecule has 1 atom stereocenters. The Labute approximate surface area is 167 Å². The summed E-state index contributed by atoms with van der Waals surface area (Å²) in [6.07, 6.45) is 4.94. The Kier molecular flexibility index (Phi) is 4.31. The van der Waals surface area contributed by atoms with Gasteiger partial charge in [0.15, 0.2) is 0 Å².